The summed E-state index contributed by atoms with van der Waals surface area (Å²) in [4.78, 5) is 0. The lowest BCUT2D eigenvalue weighted by molar-refractivity contribution is 0.171. The zero-order chi connectivity index (χ0) is 14.7. The van der Waals surface area contributed by atoms with Crippen LogP contribution in [0.4, 0.5) is 4.39 Å². The van der Waals surface area contributed by atoms with Crippen LogP contribution in [-0.4, -0.2) is 28.6 Å². The molecule has 108 valence electrons. The highest BCUT2D eigenvalue weighted by Crippen LogP contribution is 2.33. The molecule has 1 N–H and O–H groups in total. The zero-order valence-electron chi connectivity index (χ0n) is 10.7. The molecule has 0 radical (unpaired) electrons. The van der Waals surface area contributed by atoms with Crippen molar-refractivity contribution >= 4 is 23.2 Å². The summed E-state index contributed by atoms with van der Waals surface area (Å²) in [5.41, 5.74) is 0.601. The fourth-order valence-electron chi connectivity index (χ4n) is 1.88. The minimum Gasteiger partial charge on any atom is -0.383 e. The average Bonchev–Trinajstić information content (AvgIpc) is 2.80. The Kier molecular flexibility index (Phi) is 4.99. The number of aromatic nitrogens is 2. The van der Waals surface area contributed by atoms with Crippen molar-refractivity contribution in [2.24, 2.45) is 0 Å². The summed E-state index contributed by atoms with van der Waals surface area (Å²) in [5.74, 6) is -0.595. The van der Waals surface area contributed by atoms with E-state index in [2.05, 4.69) is 5.10 Å². The van der Waals surface area contributed by atoms with Crippen molar-refractivity contribution in [3.05, 3.63) is 51.5 Å². The average molecular weight is 319 g/mol. The van der Waals surface area contributed by atoms with Gasteiger partial charge in [0.25, 0.3) is 0 Å². The first kappa shape index (κ1) is 15.3. The molecule has 1 unspecified atom stereocenters. The first-order valence-corrected chi connectivity index (χ1v) is 6.64. The van der Waals surface area contributed by atoms with E-state index in [4.69, 9.17) is 27.9 Å². The van der Waals surface area contributed by atoms with Gasteiger partial charge in [-0.1, -0.05) is 35.3 Å². The van der Waals surface area contributed by atoms with E-state index in [1.807, 2.05) is 0 Å². The van der Waals surface area contributed by atoms with Crippen LogP contribution in [0.2, 0.25) is 10.0 Å². The number of aliphatic hydroxyl groups is 1. The van der Waals surface area contributed by atoms with E-state index in [1.54, 1.807) is 13.2 Å². The Bertz CT molecular complexity index is 604. The maximum Gasteiger partial charge on any atom is 0.142 e. The Balaban J connectivity index is 2.40. The quantitative estimate of drug-likeness (QED) is 0.921. The van der Waals surface area contributed by atoms with Crippen LogP contribution in [0.15, 0.2) is 24.4 Å². The number of hydrogen-bond acceptors (Lipinski definition) is 3. The van der Waals surface area contributed by atoms with Crippen LogP contribution in [0.25, 0.3) is 0 Å². The van der Waals surface area contributed by atoms with Gasteiger partial charge in [0, 0.05) is 12.7 Å². The number of benzene rings is 1. The van der Waals surface area contributed by atoms with Crippen molar-refractivity contribution in [1.82, 2.24) is 9.78 Å². The Labute approximate surface area is 125 Å². The maximum atomic E-state index is 13.5. The predicted octanol–water partition coefficient (Wildman–Crippen LogP) is 3.06. The van der Waals surface area contributed by atoms with Gasteiger partial charge >= 0.3 is 0 Å². The van der Waals surface area contributed by atoms with Gasteiger partial charge in [-0.3, -0.25) is 4.68 Å². The number of nitrogens with zero attached hydrogens (tertiary/aromatic N) is 2. The topological polar surface area (TPSA) is 47.3 Å². The molecule has 2 aromatic rings. The molecule has 7 heteroatoms. The number of halogens is 3. The summed E-state index contributed by atoms with van der Waals surface area (Å²) >= 11 is 11.9. The Hall–Kier alpha value is -1.14. The van der Waals surface area contributed by atoms with Crippen molar-refractivity contribution < 1.29 is 14.2 Å². The Morgan fingerprint density at radius 2 is 2.20 bits per heavy atom. The molecular weight excluding hydrogens is 306 g/mol. The monoisotopic (exact) mass is 318 g/mol. The van der Waals surface area contributed by atoms with Gasteiger partial charge in [0.15, 0.2) is 0 Å². The normalized spacial score (nSPS) is 12.7. The highest BCUT2D eigenvalue weighted by molar-refractivity contribution is 6.32. The molecule has 1 aromatic heterocycles. The molecule has 0 aliphatic carbocycles. The van der Waals surface area contributed by atoms with Gasteiger partial charge in [-0.05, 0) is 6.07 Å². The lowest BCUT2D eigenvalue weighted by atomic mass is 10.1. The van der Waals surface area contributed by atoms with Crippen LogP contribution in [0.1, 0.15) is 17.4 Å². The molecule has 0 fully saturated rings. The molecule has 20 heavy (non-hydrogen) atoms. The molecular formula is C13H13Cl2FN2O2. The second kappa shape index (κ2) is 6.54. The summed E-state index contributed by atoms with van der Waals surface area (Å²) in [5, 5.41) is 14.6. The van der Waals surface area contributed by atoms with Crippen LogP contribution in [-0.2, 0) is 11.3 Å². The lowest BCUT2D eigenvalue weighted by Crippen LogP contribution is -2.14. The van der Waals surface area contributed by atoms with E-state index in [0.29, 0.717) is 18.8 Å². The molecule has 1 heterocycles. The standard InChI is InChI=1S/C13H13Cl2FN2O2/c1-20-6-5-18-12(9(14)7-17-18)13(19)8-3-2-4-10(16)11(8)15/h2-4,7,13,19H,5-6H2,1H3. The second-order valence-corrected chi connectivity index (χ2v) is 4.92. The van der Waals surface area contributed by atoms with Crippen LogP contribution in [0, 0.1) is 5.82 Å². The molecule has 4 nitrogen and oxygen atoms in total. The number of methoxy groups -OCH3 is 1. The maximum absolute atomic E-state index is 13.5. The van der Waals surface area contributed by atoms with E-state index >= 15 is 0 Å². The minimum absolute atomic E-state index is 0.129. The molecule has 0 bridgehead atoms. The van der Waals surface area contributed by atoms with Crippen molar-refractivity contribution in [1.29, 1.82) is 0 Å². The van der Waals surface area contributed by atoms with Gasteiger partial charge in [0.2, 0.25) is 0 Å². The lowest BCUT2D eigenvalue weighted by Gasteiger charge is -2.16. The molecule has 0 amide bonds. The first-order valence-electron chi connectivity index (χ1n) is 5.88. The largest absolute Gasteiger partial charge is 0.383 e. The molecule has 2 rings (SSSR count). The fraction of sp³-hybridized carbons (Fsp3) is 0.308. The minimum atomic E-state index is -1.16. The van der Waals surface area contributed by atoms with Crippen molar-refractivity contribution in [2.45, 2.75) is 12.6 Å². The van der Waals surface area contributed by atoms with E-state index in [-0.39, 0.29) is 15.6 Å². The van der Waals surface area contributed by atoms with E-state index in [0.717, 1.165) is 0 Å². The summed E-state index contributed by atoms with van der Waals surface area (Å²) in [6.07, 6.45) is 0.258. The molecule has 0 aliphatic rings. The number of aliphatic hydroxyl groups excluding tert-OH is 1. The van der Waals surface area contributed by atoms with Crippen molar-refractivity contribution in [3.63, 3.8) is 0 Å². The Morgan fingerprint density at radius 1 is 1.45 bits per heavy atom. The molecule has 0 aliphatic heterocycles. The Morgan fingerprint density at radius 3 is 2.90 bits per heavy atom. The summed E-state index contributed by atoms with van der Waals surface area (Å²) in [7, 11) is 1.56. The number of ether oxygens (including phenoxy) is 1. The van der Waals surface area contributed by atoms with E-state index < -0.39 is 11.9 Å². The van der Waals surface area contributed by atoms with E-state index in [1.165, 1.54) is 23.0 Å². The molecule has 0 spiro atoms. The van der Waals surface area contributed by atoms with Gasteiger partial charge in [0.05, 0.1) is 35.1 Å². The third-order valence-corrected chi connectivity index (χ3v) is 3.57. The van der Waals surface area contributed by atoms with Crippen LogP contribution in [0.5, 0.6) is 0 Å². The van der Waals surface area contributed by atoms with Crippen LogP contribution >= 0.6 is 23.2 Å². The zero-order valence-corrected chi connectivity index (χ0v) is 12.2. The van der Waals surface area contributed by atoms with Gasteiger partial charge in [0.1, 0.15) is 11.9 Å². The van der Waals surface area contributed by atoms with E-state index in [9.17, 15) is 9.50 Å². The summed E-state index contributed by atoms with van der Waals surface area (Å²) < 4.78 is 19.9. The van der Waals surface area contributed by atoms with Gasteiger partial charge in [-0.15, -0.1) is 0 Å². The smallest absolute Gasteiger partial charge is 0.142 e. The summed E-state index contributed by atoms with van der Waals surface area (Å²) in [6.45, 7) is 0.831. The predicted molar refractivity (Wildman–Crippen MR) is 74.6 cm³/mol. The molecule has 0 saturated carbocycles. The molecule has 0 saturated heterocycles. The van der Waals surface area contributed by atoms with Gasteiger partial charge in [-0.2, -0.15) is 5.10 Å². The first-order chi connectivity index (χ1) is 9.56. The SMILES string of the molecule is COCCn1ncc(Cl)c1C(O)c1cccc(F)c1Cl. The third kappa shape index (κ3) is 2.96. The van der Waals surface area contributed by atoms with Crippen molar-refractivity contribution in [2.75, 3.05) is 13.7 Å². The molecule has 1 aromatic carbocycles. The second-order valence-electron chi connectivity index (χ2n) is 4.14. The van der Waals surface area contributed by atoms with Crippen LogP contribution < -0.4 is 0 Å². The highest BCUT2D eigenvalue weighted by atomic mass is 35.5. The third-order valence-electron chi connectivity index (χ3n) is 2.88. The van der Waals surface area contributed by atoms with Gasteiger partial charge in [-0.25, -0.2) is 4.39 Å². The highest BCUT2D eigenvalue weighted by Gasteiger charge is 2.23. The summed E-state index contributed by atoms with van der Waals surface area (Å²) in [6, 6.07) is 4.24. The molecule has 1 atom stereocenters. The fourth-order valence-corrected chi connectivity index (χ4v) is 2.35. The number of rotatable bonds is 5. The number of hydrogen-bond donors (Lipinski definition) is 1. The van der Waals surface area contributed by atoms with Crippen LogP contribution in [0.3, 0.4) is 0 Å². The van der Waals surface area contributed by atoms with Crippen molar-refractivity contribution in [3.8, 4) is 0 Å². The van der Waals surface area contributed by atoms with Gasteiger partial charge < -0.3 is 9.84 Å².